The summed E-state index contributed by atoms with van der Waals surface area (Å²) >= 11 is 5.86. The fraction of sp³-hybridized carbons (Fsp3) is 0.300. The number of esters is 1. The Morgan fingerprint density at radius 2 is 1.92 bits per heavy atom. The second kappa shape index (κ2) is 8.32. The molecule has 3 rings (SSSR count). The van der Waals surface area contributed by atoms with Gasteiger partial charge < -0.3 is 9.64 Å². The van der Waals surface area contributed by atoms with Gasteiger partial charge in [-0.1, -0.05) is 23.7 Å². The van der Waals surface area contributed by atoms with E-state index < -0.39 is 0 Å². The van der Waals surface area contributed by atoms with Gasteiger partial charge in [-0.05, 0) is 42.3 Å². The van der Waals surface area contributed by atoms with E-state index in [0.717, 1.165) is 42.9 Å². The summed E-state index contributed by atoms with van der Waals surface area (Å²) in [6.07, 6.45) is 4.48. The number of allylic oxidation sites excluding steroid dienone is 1. The van der Waals surface area contributed by atoms with Crippen LogP contribution in [0.1, 0.15) is 25.3 Å². The van der Waals surface area contributed by atoms with Crippen LogP contribution < -0.4 is 4.90 Å². The van der Waals surface area contributed by atoms with Crippen molar-refractivity contribution in [2.75, 3.05) is 18.0 Å². The Morgan fingerprint density at radius 3 is 2.54 bits per heavy atom. The molecule has 26 heavy (non-hydrogen) atoms. The van der Waals surface area contributed by atoms with Crippen molar-refractivity contribution in [3.63, 3.8) is 0 Å². The lowest BCUT2D eigenvalue weighted by molar-refractivity contribution is -0.143. The number of ether oxygens (including phenoxy) is 1. The molecule has 0 unspecified atom stereocenters. The van der Waals surface area contributed by atoms with Crippen molar-refractivity contribution in [1.82, 2.24) is 4.98 Å². The summed E-state index contributed by atoms with van der Waals surface area (Å²) in [5, 5.41) is 0.612. The van der Waals surface area contributed by atoms with Crippen LogP contribution in [0.2, 0.25) is 5.02 Å². The number of hydrogen-bond acceptors (Lipinski definition) is 4. The maximum atomic E-state index is 13.0. The summed E-state index contributed by atoms with van der Waals surface area (Å²) in [7, 11) is 0. The summed E-state index contributed by atoms with van der Waals surface area (Å²) in [5.41, 5.74) is 1.55. The van der Waals surface area contributed by atoms with E-state index in [1.54, 1.807) is 18.3 Å². The lowest BCUT2D eigenvalue weighted by Crippen LogP contribution is -2.38. The van der Waals surface area contributed by atoms with Crippen LogP contribution in [0.25, 0.3) is 5.57 Å². The number of anilines is 1. The van der Waals surface area contributed by atoms with Crippen LogP contribution in [0, 0.1) is 5.82 Å². The number of carbonyl (C=O) groups is 1. The topological polar surface area (TPSA) is 42.4 Å². The molecule has 1 aliphatic rings. The molecule has 0 radical (unpaired) electrons. The smallest absolute Gasteiger partial charge is 0.331 e. The standard InChI is InChI=1S/C20H20ClFN2O2/c1-14(15-2-5-17(22)6-3-15)12-20(25)26-18-8-10-24(11-9-18)19-7-4-16(21)13-23-19/h2-7,12-13,18H,8-11H2,1H3/b14-12-. The second-order valence-corrected chi connectivity index (χ2v) is 6.73. The highest BCUT2D eigenvalue weighted by atomic mass is 35.5. The first-order valence-corrected chi connectivity index (χ1v) is 8.90. The van der Waals surface area contributed by atoms with E-state index in [1.807, 2.05) is 19.1 Å². The largest absolute Gasteiger partial charge is 0.459 e. The quantitative estimate of drug-likeness (QED) is 0.584. The van der Waals surface area contributed by atoms with E-state index in [0.29, 0.717) is 5.02 Å². The van der Waals surface area contributed by atoms with Gasteiger partial charge in [0.05, 0.1) is 5.02 Å². The number of hydrogen-bond donors (Lipinski definition) is 0. The molecule has 0 N–H and O–H groups in total. The van der Waals surface area contributed by atoms with Crippen molar-refractivity contribution in [2.45, 2.75) is 25.9 Å². The molecule has 1 aromatic carbocycles. The highest BCUT2D eigenvalue weighted by Crippen LogP contribution is 2.21. The number of carbonyl (C=O) groups excluding carboxylic acids is 1. The fourth-order valence-corrected chi connectivity index (χ4v) is 3.04. The maximum Gasteiger partial charge on any atom is 0.331 e. The molecule has 2 heterocycles. The Morgan fingerprint density at radius 1 is 1.23 bits per heavy atom. The Labute approximate surface area is 157 Å². The first kappa shape index (κ1) is 18.4. The number of pyridine rings is 1. The summed E-state index contributed by atoms with van der Waals surface area (Å²) in [4.78, 5) is 18.6. The van der Waals surface area contributed by atoms with Crippen molar-refractivity contribution in [2.24, 2.45) is 0 Å². The third-order valence-electron chi connectivity index (χ3n) is 4.39. The molecule has 6 heteroatoms. The molecular formula is C20H20ClFN2O2. The average Bonchev–Trinajstić information content (AvgIpc) is 2.63. The van der Waals surface area contributed by atoms with Crippen LogP contribution >= 0.6 is 11.6 Å². The van der Waals surface area contributed by atoms with Gasteiger partial charge in [-0.3, -0.25) is 0 Å². The molecule has 136 valence electrons. The Hall–Kier alpha value is -2.40. The first-order chi connectivity index (χ1) is 12.5. The summed E-state index contributed by atoms with van der Waals surface area (Å²) in [5.74, 6) is 0.215. The zero-order valence-electron chi connectivity index (χ0n) is 14.5. The predicted octanol–water partition coefficient (Wildman–Crippen LogP) is 4.49. The number of aromatic nitrogens is 1. The molecule has 4 nitrogen and oxygen atoms in total. The van der Waals surface area contributed by atoms with Crippen LogP contribution in [0.5, 0.6) is 0 Å². The average molecular weight is 375 g/mol. The monoisotopic (exact) mass is 374 g/mol. The predicted molar refractivity (Wildman–Crippen MR) is 101 cm³/mol. The van der Waals surface area contributed by atoms with Crippen LogP contribution in [-0.4, -0.2) is 30.1 Å². The molecule has 1 saturated heterocycles. The van der Waals surface area contributed by atoms with Gasteiger partial charge in [0.25, 0.3) is 0 Å². The lowest BCUT2D eigenvalue weighted by Gasteiger charge is -2.32. The van der Waals surface area contributed by atoms with Gasteiger partial charge in [0.15, 0.2) is 0 Å². The second-order valence-electron chi connectivity index (χ2n) is 6.29. The van der Waals surface area contributed by atoms with Crippen molar-refractivity contribution in [3.05, 3.63) is 65.1 Å². The summed E-state index contributed by atoms with van der Waals surface area (Å²) in [6, 6.07) is 9.75. The van der Waals surface area contributed by atoms with Gasteiger partial charge in [-0.15, -0.1) is 0 Å². The van der Waals surface area contributed by atoms with Crippen molar-refractivity contribution in [3.8, 4) is 0 Å². The van der Waals surface area contributed by atoms with Gasteiger partial charge in [-0.25, -0.2) is 14.2 Å². The van der Waals surface area contributed by atoms with Crippen molar-refractivity contribution in [1.29, 1.82) is 0 Å². The van der Waals surface area contributed by atoms with Gasteiger partial charge in [-0.2, -0.15) is 0 Å². The molecule has 0 atom stereocenters. The van der Waals surface area contributed by atoms with E-state index in [1.165, 1.54) is 18.2 Å². The highest BCUT2D eigenvalue weighted by Gasteiger charge is 2.22. The van der Waals surface area contributed by atoms with E-state index in [-0.39, 0.29) is 17.9 Å². The minimum atomic E-state index is -0.366. The number of benzene rings is 1. The van der Waals surface area contributed by atoms with Crippen LogP contribution in [-0.2, 0) is 9.53 Å². The van der Waals surface area contributed by atoms with Gasteiger partial charge in [0.1, 0.15) is 17.7 Å². The van der Waals surface area contributed by atoms with Crippen LogP contribution in [0.3, 0.4) is 0 Å². The van der Waals surface area contributed by atoms with Crippen molar-refractivity contribution < 1.29 is 13.9 Å². The third kappa shape index (κ3) is 4.82. The number of halogens is 2. The Balaban J connectivity index is 1.52. The van der Waals surface area contributed by atoms with Crippen LogP contribution in [0.15, 0.2) is 48.7 Å². The molecular weight excluding hydrogens is 355 g/mol. The molecule has 2 aromatic rings. The third-order valence-corrected chi connectivity index (χ3v) is 4.62. The van der Waals surface area contributed by atoms with E-state index >= 15 is 0 Å². The summed E-state index contributed by atoms with van der Waals surface area (Å²) < 4.78 is 18.5. The molecule has 1 fully saturated rings. The van der Waals surface area contributed by atoms with E-state index in [2.05, 4.69) is 9.88 Å². The molecule has 0 amide bonds. The van der Waals surface area contributed by atoms with Gasteiger partial charge >= 0.3 is 5.97 Å². The minimum absolute atomic E-state index is 0.108. The highest BCUT2D eigenvalue weighted by molar-refractivity contribution is 6.30. The zero-order valence-corrected chi connectivity index (χ0v) is 15.2. The molecule has 0 bridgehead atoms. The molecule has 0 spiro atoms. The summed E-state index contributed by atoms with van der Waals surface area (Å²) in [6.45, 7) is 3.35. The van der Waals surface area contributed by atoms with Crippen molar-refractivity contribution >= 4 is 29.0 Å². The normalized spacial score (nSPS) is 15.8. The minimum Gasteiger partial charge on any atom is -0.459 e. The van der Waals surface area contributed by atoms with E-state index in [4.69, 9.17) is 16.3 Å². The van der Waals surface area contributed by atoms with E-state index in [9.17, 15) is 9.18 Å². The number of nitrogens with zero attached hydrogens (tertiary/aromatic N) is 2. The fourth-order valence-electron chi connectivity index (χ4n) is 2.93. The first-order valence-electron chi connectivity index (χ1n) is 8.52. The maximum absolute atomic E-state index is 13.0. The van der Waals surface area contributed by atoms with Crippen LogP contribution in [0.4, 0.5) is 10.2 Å². The number of piperidine rings is 1. The Bertz CT molecular complexity index is 782. The lowest BCUT2D eigenvalue weighted by atomic mass is 10.1. The number of rotatable bonds is 4. The molecule has 1 aliphatic heterocycles. The molecule has 0 saturated carbocycles. The SMILES string of the molecule is C/C(=C/C(=O)OC1CCN(c2ccc(Cl)cn2)CC1)c1ccc(F)cc1. The molecule has 1 aromatic heterocycles. The Kier molecular flexibility index (Phi) is 5.89. The van der Waals surface area contributed by atoms with Gasteiger partial charge in [0, 0.05) is 38.2 Å². The molecule has 0 aliphatic carbocycles. The van der Waals surface area contributed by atoms with Gasteiger partial charge in [0.2, 0.25) is 0 Å². The zero-order chi connectivity index (χ0) is 18.5.